The number of aryl methyl sites for hydroxylation is 1. The van der Waals surface area contributed by atoms with Crippen molar-refractivity contribution in [2.75, 3.05) is 0 Å². The lowest BCUT2D eigenvalue weighted by molar-refractivity contribution is -0.137. The Kier molecular flexibility index (Phi) is 7.93. The smallest absolute Gasteiger partial charge is 0.304 e. The van der Waals surface area contributed by atoms with Gasteiger partial charge in [-0.25, -0.2) is 4.39 Å². The highest BCUT2D eigenvalue weighted by atomic mass is 19.1. The number of rotatable bonds is 8. The molecule has 34 heavy (non-hydrogen) atoms. The molecule has 0 aliphatic carbocycles. The summed E-state index contributed by atoms with van der Waals surface area (Å²) in [6.45, 7) is 10.6. The largest absolute Gasteiger partial charge is 0.489 e. The summed E-state index contributed by atoms with van der Waals surface area (Å²) in [4.78, 5) is 11.2. The summed E-state index contributed by atoms with van der Waals surface area (Å²) in [6, 6.07) is 18.8. The highest BCUT2D eigenvalue weighted by Gasteiger charge is 2.21. The number of allylic oxidation sites excluding steroid dienone is 2. The van der Waals surface area contributed by atoms with Gasteiger partial charge in [-0.3, -0.25) is 4.79 Å². The number of carboxylic acids is 1. The van der Waals surface area contributed by atoms with Gasteiger partial charge in [0.2, 0.25) is 0 Å². The highest BCUT2D eigenvalue weighted by Crippen LogP contribution is 2.36. The Bertz CT molecular complexity index is 1170. The summed E-state index contributed by atoms with van der Waals surface area (Å²) in [5.41, 5.74) is 5.32. The third kappa shape index (κ3) is 6.34. The molecule has 0 spiro atoms. The normalized spacial score (nSPS) is 12.6. The minimum Gasteiger partial charge on any atom is -0.489 e. The van der Waals surface area contributed by atoms with Gasteiger partial charge in [0.1, 0.15) is 18.2 Å². The van der Waals surface area contributed by atoms with Crippen LogP contribution in [-0.2, 0) is 16.8 Å². The molecule has 0 aliphatic heterocycles. The molecule has 178 valence electrons. The zero-order valence-electron chi connectivity index (χ0n) is 20.6. The van der Waals surface area contributed by atoms with E-state index < -0.39 is 5.97 Å². The molecule has 0 amide bonds. The zero-order chi connectivity index (χ0) is 24.9. The average Bonchev–Trinajstić information content (AvgIpc) is 2.78. The molecule has 0 saturated carbocycles. The molecule has 0 heterocycles. The molecule has 4 heteroatoms. The summed E-state index contributed by atoms with van der Waals surface area (Å²) < 4.78 is 20.8. The van der Waals surface area contributed by atoms with Crippen LogP contribution in [0, 0.1) is 12.7 Å². The highest BCUT2D eigenvalue weighted by molar-refractivity contribution is 5.71. The van der Waals surface area contributed by atoms with Crippen LogP contribution in [-0.4, -0.2) is 11.1 Å². The number of benzene rings is 3. The lowest BCUT2D eigenvalue weighted by atomic mass is 9.81. The van der Waals surface area contributed by atoms with Crippen LogP contribution < -0.4 is 4.74 Å². The van der Waals surface area contributed by atoms with Crippen molar-refractivity contribution in [3.8, 4) is 16.9 Å². The fraction of sp³-hybridized carbons (Fsp3) is 0.300. The number of ether oxygens (including phenoxy) is 1. The monoisotopic (exact) mass is 460 g/mol. The molecule has 1 unspecified atom stereocenters. The summed E-state index contributed by atoms with van der Waals surface area (Å²) in [7, 11) is 0. The minimum absolute atomic E-state index is 0.0446. The van der Waals surface area contributed by atoms with Crippen LogP contribution in [0.1, 0.15) is 62.3 Å². The van der Waals surface area contributed by atoms with Gasteiger partial charge in [0, 0.05) is 11.5 Å². The van der Waals surface area contributed by atoms with Crippen LogP contribution in [0.15, 0.2) is 72.8 Å². The van der Waals surface area contributed by atoms with E-state index in [1.807, 2.05) is 68.5 Å². The van der Waals surface area contributed by atoms with E-state index in [4.69, 9.17) is 9.84 Å². The molecule has 0 saturated heterocycles. The van der Waals surface area contributed by atoms with Crippen LogP contribution in [0.5, 0.6) is 5.75 Å². The molecule has 0 bridgehead atoms. The second-order valence-electron chi connectivity index (χ2n) is 9.70. The number of halogens is 1. The molecule has 0 aromatic heterocycles. The van der Waals surface area contributed by atoms with Crippen LogP contribution in [0.3, 0.4) is 0 Å². The maximum Gasteiger partial charge on any atom is 0.304 e. The van der Waals surface area contributed by atoms with Crippen molar-refractivity contribution in [3.63, 3.8) is 0 Å². The van der Waals surface area contributed by atoms with E-state index in [2.05, 4.69) is 26.8 Å². The molecule has 0 fully saturated rings. The molecule has 1 N–H and O–H groups in total. The predicted molar refractivity (Wildman–Crippen MR) is 136 cm³/mol. The average molecular weight is 461 g/mol. The van der Waals surface area contributed by atoms with Gasteiger partial charge in [0.15, 0.2) is 0 Å². The Morgan fingerprint density at radius 2 is 1.74 bits per heavy atom. The van der Waals surface area contributed by atoms with Gasteiger partial charge in [0.25, 0.3) is 0 Å². The van der Waals surface area contributed by atoms with E-state index in [-0.39, 0.29) is 23.6 Å². The van der Waals surface area contributed by atoms with Crippen LogP contribution in [0.25, 0.3) is 11.1 Å². The molecule has 3 nitrogen and oxygen atoms in total. The van der Waals surface area contributed by atoms with E-state index >= 15 is 0 Å². The van der Waals surface area contributed by atoms with Crippen molar-refractivity contribution in [2.24, 2.45) is 0 Å². The first-order chi connectivity index (χ1) is 16.1. The Morgan fingerprint density at radius 1 is 1.03 bits per heavy atom. The molecule has 1 atom stereocenters. The van der Waals surface area contributed by atoms with Gasteiger partial charge in [-0.15, -0.1) is 0 Å². The summed E-state index contributed by atoms with van der Waals surface area (Å²) in [6.07, 6.45) is 3.81. The van der Waals surface area contributed by atoms with Gasteiger partial charge in [-0.1, -0.05) is 68.8 Å². The number of aliphatic carboxylic acids is 1. The van der Waals surface area contributed by atoms with E-state index in [0.717, 1.165) is 27.8 Å². The topological polar surface area (TPSA) is 46.5 Å². The SMILES string of the molecule is C/C=C/C(CC(=O)O)c1ccc(OCc2ccc(C(C)(C)C)c(-c3cc(C)ccc3F)c2)cc1. The van der Waals surface area contributed by atoms with Gasteiger partial charge >= 0.3 is 5.97 Å². The van der Waals surface area contributed by atoms with Crippen molar-refractivity contribution in [1.29, 1.82) is 0 Å². The number of carboxylic acid groups (broad SMARTS) is 1. The van der Waals surface area contributed by atoms with E-state index in [1.165, 1.54) is 6.07 Å². The van der Waals surface area contributed by atoms with Gasteiger partial charge in [-0.05, 0) is 71.8 Å². The summed E-state index contributed by atoms with van der Waals surface area (Å²) in [5.74, 6) is -0.542. The van der Waals surface area contributed by atoms with Gasteiger partial charge in [-0.2, -0.15) is 0 Å². The molecular weight excluding hydrogens is 427 g/mol. The fourth-order valence-corrected chi connectivity index (χ4v) is 4.10. The van der Waals surface area contributed by atoms with Crippen molar-refractivity contribution >= 4 is 5.97 Å². The van der Waals surface area contributed by atoms with Crippen molar-refractivity contribution in [2.45, 2.75) is 59.0 Å². The molecule has 3 rings (SSSR count). The molecule has 0 aliphatic rings. The third-order valence-corrected chi connectivity index (χ3v) is 5.84. The Hall–Kier alpha value is -3.40. The molecular formula is C30H33FO3. The summed E-state index contributed by atoms with van der Waals surface area (Å²) in [5, 5.41) is 9.16. The number of hydrogen-bond donors (Lipinski definition) is 1. The molecule has 3 aromatic rings. The van der Waals surface area contributed by atoms with E-state index in [9.17, 15) is 9.18 Å². The van der Waals surface area contributed by atoms with Gasteiger partial charge in [0.05, 0.1) is 6.42 Å². The molecule has 3 aromatic carbocycles. The first-order valence-electron chi connectivity index (χ1n) is 11.6. The standard InChI is InChI=1S/C30H33FO3/c1-6-7-23(18-29(32)33)22-10-12-24(13-11-22)34-19-21-9-14-27(30(3,4)5)25(17-21)26-16-20(2)8-15-28(26)31/h6-17,23H,18-19H2,1-5H3,(H,32,33)/b7-6+. The van der Waals surface area contributed by atoms with Crippen molar-refractivity contribution in [1.82, 2.24) is 0 Å². The maximum atomic E-state index is 14.8. The van der Waals surface area contributed by atoms with E-state index in [1.54, 1.807) is 6.07 Å². The van der Waals surface area contributed by atoms with Crippen LogP contribution in [0.4, 0.5) is 4.39 Å². The Balaban J connectivity index is 1.84. The lowest BCUT2D eigenvalue weighted by Gasteiger charge is -2.24. The van der Waals surface area contributed by atoms with Gasteiger partial charge < -0.3 is 9.84 Å². The predicted octanol–water partition coefficient (Wildman–Crippen LogP) is 7.81. The quantitative estimate of drug-likeness (QED) is 0.349. The van der Waals surface area contributed by atoms with Crippen molar-refractivity contribution in [3.05, 3.63) is 101 Å². The van der Waals surface area contributed by atoms with E-state index in [0.29, 0.717) is 17.9 Å². The Labute approximate surface area is 201 Å². The second-order valence-corrected chi connectivity index (χ2v) is 9.70. The summed E-state index contributed by atoms with van der Waals surface area (Å²) >= 11 is 0. The van der Waals surface area contributed by atoms with Crippen LogP contribution >= 0.6 is 0 Å². The maximum absolute atomic E-state index is 14.8. The van der Waals surface area contributed by atoms with Crippen LogP contribution in [0.2, 0.25) is 0 Å². The third-order valence-electron chi connectivity index (χ3n) is 5.84. The Morgan fingerprint density at radius 3 is 2.35 bits per heavy atom. The first kappa shape index (κ1) is 25.2. The first-order valence-corrected chi connectivity index (χ1v) is 11.6. The van der Waals surface area contributed by atoms with Crippen molar-refractivity contribution < 1.29 is 19.0 Å². The second kappa shape index (κ2) is 10.7. The number of carbonyl (C=O) groups is 1. The lowest BCUT2D eigenvalue weighted by Crippen LogP contribution is -2.13. The molecule has 0 radical (unpaired) electrons. The fourth-order valence-electron chi connectivity index (χ4n) is 4.10. The number of hydrogen-bond acceptors (Lipinski definition) is 2. The zero-order valence-corrected chi connectivity index (χ0v) is 20.6. The minimum atomic E-state index is -0.831.